The third-order valence-corrected chi connectivity index (χ3v) is 3.84. The molecule has 4 nitrogen and oxygen atoms in total. The summed E-state index contributed by atoms with van der Waals surface area (Å²) < 4.78 is 15.6. The predicted octanol–water partition coefficient (Wildman–Crippen LogP) is 2.92. The molecule has 2 aromatic rings. The van der Waals surface area contributed by atoms with Gasteiger partial charge in [-0.25, -0.2) is 4.39 Å². The molecule has 1 heterocycles. The van der Waals surface area contributed by atoms with Gasteiger partial charge < -0.3 is 4.90 Å². The highest BCUT2D eigenvalue weighted by Gasteiger charge is 2.13. The Morgan fingerprint density at radius 3 is 2.90 bits per heavy atom. The van der Waals surface area contributed by atoms with Gasteiger partial charge in [-0.1, -0.05) is 15.9 Å². The van der Waals surface area contributed by atoms with Crippen LogP contribution in [0.1, 0.15) is 12.0 Å². The van der Waals surface area contributed by atoms with E-state index in [1.165, 1.54) is 12.1 Å². The monoisotopic (exact) mass is 339 g/mol. The standard InChI is InChI=1S/C14H15BrFN3O/c1-18-9-12(8-17-18)19(2)14(20)6-3-10-7-11(16)4-5-13(10)15/h4-5,7-9H,3,6H2,1-2H3. The minimum atomic E-state index is -0.295. The average molecular weight is 340 g/mol. The molecule has 1 aromatic carbocycles. The average Bonchev–Trinajstić information content (AvgIpc) is 2.85. The number of carbonyl (C=O) groups excluding carboxylic acids is 1. The van der Waals surface area contributed by atoms with E-state index < -0.39 is 0 Å². The minimum absolute atomic E-state index is 0.0332. The molecule has 106 valence electrons. The summed E-state index contributed by atoms with van der Waals surface area (Å²) >= 11 is 3.36. The Hall–Kier alpha value is -1.69. The van der Waals surface area contributed by atoms with E-state index in [2.05, 4.69) is 21.0 Å². The van der Waals surface area contributed by atoms with Crippen LogP contribution in [0.4, 0.5) is 10.1 Å². The summed E-state index contributed by atoms with van der Waals surface area (Å²) in [7, 11) is 3.51. The van der Waals surface area contributed by atoms with Gasteiger partial charge in [0.2, 0.25) is 5.91 Å². The molecular weight excluding hydrogens is 325 g/mol. The molecule has 20 heavy (non-hydrogen) atoms. The first kappa shape index (κ1) is 14.7. The van der Waals surface area contributed by atoms with Crippen molar-refractivity contribution in [2.45, 2.75) is 12.8 Å². The number of hydrogen-bond acceptors (Lipinski definition) is 2. The van der Waals surface area contributed by atoms with Gasteiger partial charge in [0, 0.05) is 31.2 Å². The fourth-order valence-electron chi connectivity index (χ4n) is 1.87. The zero-order valence-electron chi connectivity index (χ0n) is 11.3. The van der Waals surface area contributed by atoms with Gasteiger partial charge in [-0.05, 0) is 30.2 Å². The van der Waals surface area contributed by atoms with Crippen LogP contribution < -0.4 is 4.90 Å². The Kier molecular flexibility index (Phi) is 4.54. The van der Waals surface area contributed by atoms with Crippen molar-refractivity contribution in [1.82, 2.24) is 9.78 Å². The quantitative estimate of drug-likeness (QED) is 0.858. The van der Waals surface area contributed by atoms with Crippen molar-refractivity contribution in [3.8, 4) is 0 Å². The SMILES string of the molecule is CN(C(=O)CCc1cc(F)ccc1Br)c1cnn(C)c1. The van der Waals surface area contributed by atoms with Gasteiger partial charge >= 0.3 is 0 Å². The highest BCUT2D eigenvalue weighted by atomic mass is 79.9. The summed E-state index contributed by atoms with van der Waals surface area (Å²) in [6.07, 6.45) is 4.21. The van der Waals surface area contributed by atoms with E-state index in [0.717, 1.165) is 15.7 Å². The predicted molar refractivity (Wildman–Crippen MR) is 79.0 cm³/mol. The first-order valence-corrected chi connectivity index (χ1v) is 6.96. The summed E-state index contributed by atoms with van der Waals surface area (Å²) in [6.45, 7) is 0. The Morgan fingerprint density at radius 2 is 2.25 bits per heavy atom. The fourth-order valence-corrected chi connectivity index (χ4v) is 2.31. The number of anilines is 1. The number of aryl methyl sites for hydroxylation is 2. The largest absolute Gasteiger partial charge is 0.313 e. The lowest BCUT2D eigenvalue weighted by Crippen LogP contribution is -2.26. The lowest BCUT2D eigenvalue weighted by molar-refractivity contribution is -0.118. The number of nitrogens with zero attached hydrogens (tertiary/aromatic N) is 3. The molecule has 0 aliphatic carbocycles. The lowest BCUT2D eigenvalue weighted by atomic mass is 10.1. The molecule has 0 aliphatic rings. The molecule has 2 rings (SSSR count). The Balaban J connectivity index is 2.00. The van der Waals surface area contributed by atoms with Crippen LogP contribution in [0.5, 0.6) is 0 Å². The van der Waals surface area contributed by atoms with Crippen molar-refractivity contribution in [3.63, 3.8) is 0 Å². The summed E-state index contributed by atoms with van der Waals surface area (Å²) in [5.74, 6) is -0.328. The maximum atomic E-state index is 13.2. The zero-order chi connectivity index (χ0) is 14.7. The van der Waals surface area contributed by atoms with Crippen LogP contribution in [0.3, 0.4) is 0 Å². The molecule has 0 radical (unpaired) electrons. The van der Waals surface area contributed by atoms with Gasteiger partial charge in [-0.15, -0.1) is 0 Å². The molecule has 0 N–H and O–H groups in total. The number of rotatable bonds is 4. The zero-order valence-corrected chi connectivity index (χ0v) is 12.9. The highest BCUT2D eigenvalue weighted by Crippen LogP contribution is 2.20. The van der Waals surface area contributed by atoms with E-state index >= 15 is 0 Å². The molecule has 6 heteroatoms. The summed E-state index contributed by atoms with van der Waals surface area (Å²) in [5, 5.41) is 4.03. The second kappa shape index (κ2) is 6.17. The van der Waals surface area contributed by atoms with Crippen LogP contribution >= 0.6 is 15.9 Å². The molecule has 0 aliphatic heterocycles. The van der Waals surface area contributed by atoms with Crippen molar-refractivity contribution in [2.24, 2.45) is 7.05 Å². The lowest BCUT2D eigenvalue weighted by Gasteiger charge is -2.15. The molecular formula is C14H15BrFN3O. The molecule has 0 saturated carbocycles. The van der Waals surface area contributed by atoms with Crippen LogP contribution in [-0.4, -0.2) is 22.7 Å². The molecule has 1 aromatic heterocycles. The summed E-state index contributed by atoms with van der Waals surface area (Å²) in [4.78, 5) is 13.7. The van der Waals surface area contributed by atoms with Gasteiger partial charge in [0.1, 0.15) is 5.82 Å². The first-order chi connectivity index (χ1) is 9.47. The summed E-state index contributed by atoms with van der Waals surface area (Å²) in [6, 6.07) is 4.48. The van der Waals surface area contributed by atoms with Crippen molar-refractivity contribution < 1.29 is 9.18 Å². The molecule has 0 saturated heterocycles. The molecule has 0 atom stereocenters. The van der Waals surface area contributed by atoms with E-state index in [1.807, 2.05) is 0 Å². The van der Waals surface area contributed by atoms with Gasteiger partial charge in [0.05, 0.1) is 11.9 Å². The van der Waals surface area contributed by atoms with Crippen molar-refractivity contribution in [2.75, 3.05) is 11.9 Å². The second-order valence-electron chi connectivity index (χ2n) is 4.56. The normalized spacial score (nSPS) is 10.6. The Labute approximate surface area is 125 Å². The van der Waals surface area contributed by atoms with E-state index in [0.29, 0.717) is 12.8 Å². The van der Waals surface area contributed by atoms with Gasteiger partial charge in [-0.3, -0.25) is 9.48 Å². The van der Waals surface area contributed by atoms with Crippen molar-refractivity contribution in [3.05, 3.63) is 46.4 Å². The number of aromatic nitrogens is 2. The molecule has 0 fully saturated rings. The fraction of sp³-hybridized carbons (Fsp3) is 0.286. The van der Waals surface area contributed by atoms with Crippen molar-refractivity contribution in [1.29, 1.82) is 0 Å². The van der Waals surface area contributed by atoms with Gasteiger partial charge in [-0.2, -0.15) is 5.10 Å². The number of benzene rings is 1. The number of halogens is 2. The number of hydrogen-bond donors (Lipinski definition) is 0. The Morgan fingerprint density at radius 1 is 1.50 bits per heavy atom. The molecule has 0 bridgehead atoms. The van der Waals surface area contributed by atoms with Gasteiger partial charge in [0.25, 0.3) is 0 Å². The van der Waals surface area contributed by atoms with Crippen LogP contribution in [-0.2, 0) is 18.3 Å². The van der Waals surface area contributed by atoms with E-state index in [-0.39, 0.29) is 11.7 Å². The highest BCUT2D eigenvalue weighted by molar-refractivity contribution is 9.10. The number of carbonyl (C=O) groups is 1. The number of amides is 1. The topological polar surface area (TPSA) is 38.1 Å². The van der Waals surface area contributed by atoms with E-state index in [1.54, 1.807) is 42.1 Å². The minimum Gasteiger partial charge on any atom is -0.313 e. The van der Waals surface area contributed by atoms with Crippen LogP contribution in [0.2, 0.25) is 0 Å². The maximum Gasteiger partial charge on any atom is 0.227 e. The second-order valence-corrected chi connectivity index (χ2v) is 5.42. The van der Waals surface area contributed by atoms with Crippen molar-refractivity contribution >= 4 is 27.5 Å². The smallest absolute Gasteiger partial charge is 0.227 e. The van der Waals surface area contributed by atoms with Crippen LogP contribution in [0, 0.1) is 5.82 Å². The van der Waals surface area contributed by atoms with E-state index in [9.17, 15) is 9.18 Å². The molecule has 0 unspecified atom stereocenters. The summed E-state index contributed by atoms with van der Waals surface area (Å²) in [5.41, 5.74) is 1.54. The third-order valence-electron chi connectivity index (χ3n) is 3.07. The Bertz CT molecular complexity index is 627. The van der Waals surface area contributed by atoms with E-state index in [4.69, 9.17) is 0 Å². The maximum absolute atomic E-state index is 13.2. The molecule has 0 spiro atoms. The molecule has 1 amide bonds. The van der Waals surface area contributed by atoms with Crippen LogP contribution in [0.15, 0.2) is 35.1 Å². The third kappa shape index (κ3) is 3.45. The van der Waals surface area contributed by atoms with Gasteiger partial charge in [0.15, 0.2) is 0 Å². The van der Waals surface area contributed by atoms with Crippen LogP contribution in [0.25, 0.3) is 0 Å². The first-order valence-electron chi connectivity index (χ1n) is 6.16.